The van der Waals surface area contributed by atoms with Crippen molar-refractivity contribution in [2.45, 2.75) is 12.5 Å². The summed E-state index contributed by atoms with van der Waals surface area (Å²) in [5, 5.41) is 0. The van der Waals surface area contributed by atoms with E-state index in [1.807, 2.05) is 22.9 Å². The van der Waals surface area contributed by atoms with Gasteiger partial charge in [0.2, 0.25) is 5.91 Å². The first-order valence-electron chi connectivity index (χ1n) is 4.86. The van der Waals surface area contributed by atoms with Crippen LogP contribution in [0.1, 0.15) is 6.42 Å². The molecule has 82 valence electrons. The minimum atomic E-state index is -0.287. The Kier molecular flexibility index (Phi) is 5.74. The lowest BCUT2D eigenvalue weighted by Gasteiger charge is -2.28. The fourth-order valence-electron chi connectivity index (χ4n) is 1.39. The lowest BCUT2D eigenvalue weighted by atomic mass is 10.2. The van der Waals surface area contributed by atoms with Crippen LogP contribution in [-0.2, 0) is 4.79 Å². The molecule has 1 heterocycles. The molecule has 0 aromatic heterocycles. The van der Waals surface area contributed by atoms with E-state index in [2.05, 4.69) is 0 Å². The first-order chi connectivity index (χ1) is 6.75. The summed E-state index contributed by atoms with van der Waals surface area (Å²) in [4.78, 5) is 13.7. The van der Waals surface area contributed by atoms with Crippen LogP contribution in [0.2, 0.25) is 0 Å². The Morgan fingerprint density at radius 3 is 2.79 bits per heavy atom. The van der Waals surface area contributed by atoms with Gasteiger partial charge >= 0.3 is 0 Å². The SMILES string of the molecule is CSCC[C@H](N)C(=O)N1CCSCC1. The first-order valence-corrected chi connectivity index (χ1v) is 7.41. The van der Waals surface area contributed by atoms with E-state index < -0.39 is 0 Å². The van der Waals surface area contributed by atoms with Gasteiger partial charge in [0.25, 0.3) is 0 Å². The second-order valence-corrected chi connectivity index (χ2v) is 5.54. The summed E-state index contributed by atoms with van der Waals surface area (Å²) >= 11 is 3.65. The summed E-state index contributed by atoms with van der Waals surface area (Å²) in [6.45, 7) is 1.74. The molecule has 0 radical (unpaired) electrons. The second kappa shape index (κ2) is 6.58. The third kappa shape index (κ3) is 3.71. The standard InChI is InChI=1S/C9H18N2OS2/c1-13-5-2-8(10)9(12)11-3-6-14-7-4-11/h8H,2-7,10H2,1H3/t8-/m0/s1. The van der Waals surface area contributed by atoms with Crippen LogP contribution >= 0.6 is 23.5 Å². The van der Waals surface area contributed by atoms with Crippen LogP contribution in [0.4, 0.5) is 0 Å². The number of hydrogen-bond acceptors (Lipinski definition) is 4. The molecular weight excluding hydrogens is 216 g/mol. The number of carbonyl (C=O) groups excluding carboxylic acids is 1. The van der Waals surface area contributed by atoms with Crippen molar-refractivity contribution in [1.29, 1.82) is 0 Å². The Balaban J connectivity index is 2.30. The second-order valence-electron chi connectivity index (χ2n) is 3.33. The summed E-state index contributed by atoms with van der Waals surface area (Å²) in [6.07, 6.45) is 2.83. The van der Waals surface area contributed by atoms with Crippen molar-refractivity contribution in [3.05, 3.63) is 0 Å². The molecule has 0 saturated carbocycles. The Labute approximate surface area is 94.2 Å². The zero-order valence-electron chi connectivity index (χ0n) is 8.57. The lowest BCUT2D eigenvalue weighted by Crippen LogP contribution is -2.47. The number of amides is 1. The average molecular weight is 234 g/mol. The predicted octanol–water partition coefficient (Wildman–Crippen LogP) is 0.642. The average Bonchev–Trinajstić information content (AvgIpc) is 2.26. The van der Waals surface area contributed by atoms with Gasteiger partial charge in [0.05, 0.1) is 6.04 Å². The Bertz CT molecular complexity index is 184. The van der Waals surface area contributed by atoms with Crippen molar-refractivity contribution in [3.8, 4) is 0 Å². The summed E-state index contributed by atoms with van der Waals surface area (Å²) in [7, 11) is 0. The summed E-state index contributed by atoms with van der Waals surface area (Å²) < 4.78 is 0. The predicted molar refractivity (Wildman–Crippen MR) is 64.9 cm³/mol. The Morgan fingerprint density at radius 1 is 1.57 bits per heavy atom. The van der Waals surface area contributed by atoms with Crippen molar-refractivity contribution in [3.63, 3.8) is 0 Å². The number of nitrogens with two attached hydrogens (primary N) is 1. The third-order valence-corrected chi connectivity index (χ3v) is 3.86. The highest BCUT2D eigenvalue weighted by atomic mass is 32.2. The van der Waals surface area contributed by atoms with Crippen LogP contribution in [0.3, 0.4) is 0 Å². The van der Waals surface area contributed by atoms with E-state index in [-0.39, 0.29) is 11.9 Å². The van der Waals surface area contributed by atoms with Gasteiger partial charge in [0, 0.05) is 24.6 Å². The number of carbonyl (C=O) groups is 1. The highest BCUT2D eigenvalue weighted by Crippen LogP contribution is 2.11. The molecular formula is C9H18N2OS2. The molecule has 3 nitrogen and oxygen atoms in total. The van der Waals surface area contributed by atoms with Gasteiger partial charge in [-0.2, -0.15) is 23.5 Å². The van der Waals surface area contributed by atoms with Gasteiger partial charge in [-0.05, 0) is 18.4 Å². The molecule has 5 heteroatoms. The molecule has 0 aliphatic carbocycles. The van der Waals surface area contributed by atoms with Crippen molar-refractivity contribution in [2.75, 3.05) is 36.6 Å². The largest absolute Gasteiger partial charge is 0.340 e. The monoisotopic (exact) mass is 234 g/mol. The minimum absolute atomic E-state index is 0.138. The maximum absolute atomic E-state index is 11.8. The maximum atomic E-state index is 11.8. The number of rotatable bonds is 4. The smallest absolute Gasteiger partial charge is 0.239 e. The Hall–Kier alpha value is 0.130. The molecule has 0 unspecified atom stereocenters. The summed E-state index contributed by atoms with van der Waals surface area (Å²) in [5.74, 6) is 3.22. The van der Waals surface area contributed by atoms with Crippen molar-refractivity contribution in [1.82, 2.24) is 4.90 Å². The molecule has 1 fully saturated rings. The van der Waals surface area contributed by atoms with Crippen molar-refractivity contribution >= 4 is 29.4 Å². The van der Waals surface area contributed by atoms with Crippen molar-refractivity contribution in [2.24, 2.45) is 5.73 Å². The quantitative estimate of drug-likeness (QED) is 0.775. The zero-order valence-corrected chi connectivity index (χ0v) is 10.2. The molecule has 0 aromatic rings. The van der Waals surface area contributed by atoms with Gasteiger partial charge < -0.3 is 10.6 Å². The van der Waals surface area contributed by atoms with Gasteiger partial charge in [-0.1, -0.05) is 0 Å². The number of thioether (sulfide) groups is 2. The third-order valence-electron chi connectivity index (χ3n) is 2.27. The van der Waals surface area contributed by atoms with Crippen LogP contribution < -0.4 is 5.73 Å². The Morgan fingerprint density at radius 2 is 2.21 bits per heavy atom. The molecule has 1 amide bonds. The maximum Gasteiger partial charge on any atom is 0.239 e. The van der Waals surface area contributed by atoms with Crippen LogP contribution in [0.25, 0.3) is 0 Å². The molecule has 1 atom stereocenters. The van der Waals surface area contributed by atoms with Gasteiger partial charge in [-0.3, -0.25) is 4.79 Å². The molecule has 0 bridgehead atoms. The van der Waals surface area contributed by atoms with Gasteiger partial charge in [-0.25, -0.2) is 0 Å². The van der Waals surface area contributed by atoms with E-state index in [4.69, 9.17) is 5.73 Å². The van der Waals surface area contributed by atoms with E-state index in [1.165, 1.54) is 0 Å². The molecule has 2 N–H and O–H groups in total. The van der Waals surface area contributed by atoms with Gasteiger partial charge in [-0.15, -0.1) is 0 Å². The fraction of sp³-hybridized carbons (Fsp3) is 0.889. The molecule has 0 aromatic carbocycles. The van der Waals surface area contributed by atoms with E-state index in [9.17, 15) is 4.79 Å². The van der Waals surface area contributed by atoms with Crippen LogP contribution in [-0.4, -0.2) is 53.5 Å². The number of nitrogens with zero attached hydrogens (tertiary/aromatic N) is 1. The van der Waals surface area contributed by atoms with Crippen LogP contribution in [0.15, 0.2) is 0 Å². The minimum Gasteiger partial charge on any atom is -0.340 e. The fourth-order valence-corrected chi connectivity index (χ4v) is 2.78. The van der Waals surface area contributed by atoms with Crippen molar-refractivity contribution < 1.29 is 4.79 Å². The molecule has 0 spiro atoms. The molecule has 1 aliphatic rings. The van der Waals surface area contributed by atoms with E-state index in [0.29, 0.717) is 0 Å². The van der Waals surface area contributed by atoms with E-state index in [0.717, 1.165) is 36.8 Å². The lowest BCUT2D eigenvalue weighted by molar-refractivity contribution is -0.132. The summed E-state index contributed by atoms with van der Waals surface area (Å²) in [6, 6.07) is -0.287. The molecule has 1 rings (SSSR count). The van der Waals surface area contributed by atoms with E-state index in [1.54, 1.807) is 11.8 Å². The highest BCUT2D eigenvalue weighted by molar-refractivity contribution is 7.99. The number of hydrogen-bond donors (Lipinski definition) is 1. The van der Waals surface area contributed by atoms with Gasteiger partial charge in [0.15, 0.2) is 0 Å². The van der Waals surface area contributed by atoms with Crippen LogP contribution in [0, 0.1) is 0 Å². The van der Waals surface area contributed by atoms with E-state index >= 15 is 0 Å². The first kappa shape index (κ1) is 12.2. The normalized spacial score (nSPS) is 19.4. The molecule has 14 heavy (non-hydrogen) atoms. The topological polar surface area (TPSA) is 46.3 Å². The van der Waals surface area contributed by atoms with Crippen LogP contribution in [0.5, 0.6) is 0 Å². The summed E-state index contributed by atoms with van der Waals surface area (Å²) in [5.41, 5.74) is 5.82. The molecule has 1 aliphatic heterocycles. The van der Waals surface area contributed by atoms with Gasteiger partial charge in [0.1, 0.15) is 0 Å². The molecule has 1 saturated heterocycles. The highest BCUT2D eigenvalue weighted by Gasteiger charge is 2.21. The zero-order chi connectivity index (χ0) is 10.4.